The lowest BCUT2D eigenvalue weighted by Gasteiger charge is -2.19. The van der Waals surface area contributed by atoms with Crippen LogP contribution in [0.3, 0.4) is 0 Å². The van der Waals surface area contributed by atoms with E-state index in [4.69, 9.17) is 9.47 Å². The molecule has 0 spiro atoms. The van der Waals surface area contributed by atoms with E-state index in [0.717, 1.165) is 44.0 Å². The molecule has 1 saturated carbocycles. The quantitative estimate of drug-likeness (QED) is 0.830. The second-order valence-electron chi connectivity index (χ2n) is 5.37. The van der Waals surface area contributed by atoms with Crippen molar-refractivity contribution in [2.75, 3.05) is 13.2 Å². The second-order valence-corrected chi connectivity index (χ2v) is 5.37. The van der Waals surface area contributed by atoms with Gasteiger partial charge in [0, 0.05) is 6.42 Å². The van der Waals surface area contributed by atoms with E-state index < -0.39 is 0 Å². The van der Waals surface area contributed by atoms with Gasteiger partial charge in [0.05, 0.1) is 19.3 Å². The van der Waals surface area contributed by atoms with E-state index >= 15 is 0 Å². The van der Waals surface area contributed by atoms with Crippen LogP contribution >= 0.6 is 0 Å². The molecule has 3 nitrogen and oxygen atoms in total. The van der Waals surface area contributed by atoms with Gasteiger partial charge < -0.3 is 14.6 Å². The Morgan fingerprint density at radius 2 is 1.89 bits per heavy atom. The van der Waals surface area contributed by atoms with Gasteiger partial charge in [-0.05, 0) is 42.4 Å². The van der Waals surface area contributed by atoms with Crippen molar-refractivity contribution in [3.8, 4) is 11.5 Å². The Morgan fingerprint density at radius 3 is 2.61 bits per heavy atom. The van der Waals surface area contributed by atoms with Crippen LogP contribution in [0.4, 0.5) is 0 Å². The van der Waals surface area contributed by atoms with Gasteiger partial charge >= 0.3 is 0 Å². The van der Waals surface area contributed by atoms with Gasteiger partial charge in [-0.1, -0.05) is 13.0 Å². The maximum atomic E-state index is 9.86. The lowest BCUT2D eigenvalue weighted by Crippen LogP contribution is -2.14. The molecule has 0 bridgehead atoms. The number of hydrogen-bond donors (Lipinski definition) is 1. The maximum absolute atomic E-state index is 9.86. The van der Waals surface area contributed by atoms with Crippen LogP contribution in [0.2, 0.25) is 0 Å². The monoisotopic (exact) mass is 248 g/mol. The van der Waals surface area contributed by atoms with E-state index in [-0.39, 0.29) is 6.10 Å². The predicted octanol–water partition coefficient (Wildman–Crippen LogP) is 2.72. The zero-order chi connectivity index (χ0) is 12.5. The zero-order valence-electron chi connectivity index (χ0n) is 10.8. The third kappa shape index (κ3) is 2.07. The van der Waals surface area contributed by atoms with Crippen LogP contribution in [0, 0.1) is 5.92 Å². The highest BCUT2D eigenvalue weighted by Crippen LogP contribution is 2.42. The minimum absolute atomic E-state index is 0.161. The molecular weight excluding hydrogens is 228 g/mol. The molecule has 3 rings (SSSR count). The Balaban J connectivity index is 1.87. The van der Waals surface area contributed by atoms with Crippen molar-refractivity contribution in [2.24, 2.45) is 5.92 Å². The highest BCUT2D eigenvalue weighted by Gasteiger charge is 2.32. The third-order valence-corrected chi connectivity index (χ3v) is 4.21. The summed E-state index contributed by atoms with van der Waals surface area (Å²) in [7, 11) is 0. The Kier molecular flexibility index (Phi) is 3.16. The largest absolute Gasteiger partial charge is 0.490 e. The lowest BCUT2D eigenvalue weighted by atomic mass is 9.89. The third-order valence-electron chi connectivity index (χ3n) is 4.21. The summed E-state index contributed by atoms with van der Waals surface area (Å²) >= 11 is 0. The summed E-state index contributed by atoms with van der Waals surface area (Å²) in [5.41, 5.74) is 1.27. The first kappa shape index (κ1) is 11.8. The van der Waals surface area contributed by atoms with E-state index in [1.807, 2.05) is 6.07 Å². The standard InChI is InChI=1S/C15H20O3/c1-10-12(4-5-13(10)16)11-3-6-14-15(9-11)18-8-2-7-17-14/h3,6,9-10,12-13,16H,2,4-5,7-8H2,1H3. The van der Waals surface area contributed by atoms with Gasteiger partial charge in [-0.25, -0.2) is 0 Å². The molecule has 1 aromatic carbocycles. The molecule has 1 fully saturated rings. The van der Waals surface area contributed by atoms with Crippen molar-refractivity contribution >= 4 is 0 Å². The highest BCUT2D eigenvalue weighted by molar-refractivity contribution is 5.44. The molecular formula is C15H20O3. The fraction of sp³-hybridized carbons (Fsp3) is 0.600. The molecule has 3 atom stereocenters. The maximum Gasteiger partial charge on any atom is 0.161 e. The second kappa shape index (κ2) is 4.81. The number of aliphatic hydroxyl groups is 1. The summed E-state index contributed by atoms with van der Waals surface area (Å²) in [6.07, 6.45) is 2.73. The molecule has 1 aliphatic carbocycles. The van der Waals surface area contributed by atoms with Crippen molar-refractivity contribution in [3.63, 3.8) is 0 Å². The lowest BCUT2D eigenvalue weighted by molar-refractivity contribution is 0.136. The molecule has 0 radical (unpaired) electrons. The Bertz CT molecular complexity index is 430. The van der Waals surface area contributed by atoms with Crippen molar-refractivity contribution in [1.29, 1.82) is 0 Å². The SMILES string of the molecule is CC1C(O)CCC1c1ccc2c(c1)OCCCO2. The van der Waals surface area contributed by atoms with Gasteiger partial charge in [-0.3, -0.25) is 0 Å². The smallest absolute Gasteiger partial charge is 0.161 e. The fourth-order valence-electron chi connectivity index (χ4n) is 3.02. The van der Waals surface area contributed by atoms with Gasteiger partial charge in [0.25, 0.3) is 0 Å². The van der Waals surface area contributed by atoms with Crippen molar-refractivity contribution < 1.29 is 14.6 Å². The number of benzene rings is 1. The number of ether oxygens (including phenoxy) is 2. The highest BCUT2D eigenvalue weighted by atomic mass is 16.5. The van der Waals surface area contributed by atoms with Crippen LogP contribution in [0.25, 0.3) is 0 Å². The summed E-state index contributed by atoms with van der Waals surface area (Å²) in [5.74, 6) is 2.48. The molecule has 0 aromatic heterocycles. The van der Waals surface area contributed by atoms with Crippen molar-refractivity contribution in [3.05, 3.63) is 23.8 Å². The fourth-order valence-corrected chi connectivity index (χ4v) is 3.02. The zero-order valence-corrected chi connectivity index (χ0v) is 10.8. The molecule has 18 heavy (non-hydrogen) atoms. The van der Waals surface area contributed by atoms with Crippen LogP contribution in [-0.4, -0.2) is 24.4 Å². The number of aliphatic hydroxyl groups excluding tert-OH is 1. The van der Waals surface area contributed by atoms with Crippen LogP contribution in [-0.2, 0) is 0 Å². The van der Waals surface area contributed by atoms with E-state index in [9.17, 15) is 5.11 Å². The summed E-state index contributed by atoms with van der Waals surface area (Å²) in [6, 6.07) is 6.22. The Labute approximate surface area is 108 Å². The first-order chi connectivity index (χ1) is 8.75. The first-order valence-corrected chi connectivity index (χ1v) is 6.83. The number of fused-ring (bicyclic) bond motifs is 1. The molecule has 0 amide bonds. The van der Waals surface area contributed by atoms with Crippen LogP contribution in [0.15, 0.2) is 18.2 Å². The molecule has 98 valence electrons. The van der Waals surface area contributed by atoms with Crippen LogP contribution in [0.5, 0.6) is 11.5 Å². The van der Waals surface area contributed by atoms with Crippen molar-refractivity contribution in [1.82, 2.24) is 0 Å². The van der Waals surface area contributed by atoms with Gasteiger partial charge in [0.2, 0.25) is 0 Å². The first-order valence-electron chi connectivity index (χ1n) is 6.83. The van der Waals surface area contributed by atoms with E-state index in [0.29, 0.717) is 11.8 Å². The average molecular weight is 248 g/mol. The van der Waals surface area contributed by atoms with Crippen LogP contribution < -0.4 is 9.47 Å². The van der Waals surface area contributed by atoms with Gasteiger partial charge in [-0.15, -0.1) is 0 Å². The summed E-state index contributed by atoms with van der Waals surface area (Å²) < 4.78 is 11.4. The number of hydrogen-bond acceptors (Lipinski definition) is 3. The topological polar surface area (TPSA) is 38.7 Å². The summed E-state index contributed by atoms with van der Waals surface area (Å²) in [5, 5.41) is 9.86. The molecule has 3 unspecified atom stereocenters. The van der Waals surface area contributed by atoms with Crippen LogP contribution in [0.1, 0.15) is 37.7 Å². The molecule has 3 heteroatoms. The normalized spacial score (nSPS) is 31.1. The molecule has 2 aliphatic rings. The van der Waals surface area contributed by atoms with E-state index in [1.54, 1.807) is 0 Å². The summed E-state index contributed by atoms with van der Waals surface area (Å²) in [4.78, 5) is 0. The van der Waals surface area contributed by atoms with Gasteiger partial charge in [0.15, 0.2) is 11.5 Å². The Hall–Kier alpha value is -1.22. The minimum atomic E-state index is -0.161. The van der Waals surface area contributed by atoms with Crippen molar-refractivity contribution in [2.45, 2.75) is 38.2 Å². The molecule has 1 aliphatic heterocycles. The predicted molar refractivity (Wildman–Crippen MR) is 69.2 cm³/mol. The summed E-state index contributed by atoms with van der Waals surface area (Å²) in [6.45, 7) is 3.58. The van der Waals surface area contributed by atoms with E-state index in [2.05, 4.69) is 19.1 Å². The molecule has 1 N–H and O–H groups in total. The van der Waals surface area contributed by atoms with E-state index in [1.165, 1.54) is 5.56 Å². The molecule has 1 heterocycles. The minimum Gasteiger partial charge on any atom is -0.490 e. The Morgan fingerprint density at radius 1 is 1.11 bits per heavy atom. The van der Waals surface area contributed by atoms with Gasteiger partial charge in [-0.2, -0.15) is 0 Å². The van der Waals surface area contributed by atoms with Gasteiger partial charge in [0.1, 0.15) is 0 Å². The number of rotatable bonds is 1. The molecule has 0 saturated heterocycles. The molecule has 1 aromatic rings. The average Bonchev–Trinajstić information content (AvgIpc) is 2.61.